The highest BCUT2D eigenvalue weighted by Gasteiger charge is 2.46. The predicted octanol–water partition coefficient (Wildman–Crippen LogP) is 20.0. The van der Waals surface area contributed by atoms with Crippen LogP contribution >= 0.6 is 0 Å². The van der Waals surface area contributed by atoms with Crippen molar-refractivity contribution in [2.24, 2.45) is 0 Å². The standard InChI is InChI=1S/C78H62N4/c1-49-38-50(2)41-55(40-49)72-48-73(56-42-51(3)39-52(4)43-56)80-76(79-72)82-74-37-35-60(44-66(74)67-46-65-63-27-16-18-28-68(63)77(5,6)70(65)47-75(67)82)81(59-32-30-54(31-33-59)53-20-10-7-11-21-53)61-34-36-64-62-26-17-19-29-69(62)78(71(64)45-61,57-22-12-8-13-23-57)58-24-14-9-15-25-58/h7-42,44-48,56H,43H2,1-6H3. The van der Waals surface area contributed by atoms with Crippen LogP contribution in [0.3, 0.4) is 0 Å². The molecule has 1 unspecified atom stereocenters. The van der Waals surface area contributed by atoms with Crippen LogP contribution in [0.2, 0.25) is 0 Å². The van der Waals surface area contributed by atoms with Gasteiger partial charge >= 0.3 is 0 Å². The Morgan fingerprint density at radius 3 is 1.71 bits per heavy atom. The molecule has 0 spiro atoms. The molecule has 3 aliphatic rings. The number of aryl methyl sites for hydroxylation is 2. The van der Waals surface area contributed by atoms with Crippen molar-refractivity contribution in [1.82, 2.24) is 14.5 Å². The zero-order valence-electron chi connectivity index (χ0n) is 47.2. The molecule has 0 N–H and O–H groups in total. The third-order valence-corrected chi connectivity index (χ3v) is 18.0. The second-order valence-electron chi connectivity index (χ2n) is 23.7. The van der Waals surface area contributed by atoms with Crippen LogP contribution in [0.4, 0.5) is 17.1 Å². The van der Waals surface area contributed by atoms with Crippen LogP contribution in [-0.2, 0) is 10.8 Å². The van der Waals surface area contributed by atoms with Crippen molar-refractivity contribution in [2.75, 3.05) is 4.90 Å². The molecule has 4 nitrogen and oxygen atoms in total. The highest BCUT2D eigenvalue weighted by Crippen LogP contribution is 2.58. The SMILES string of the molecule is CC1=CC(c2cc(-c3cc(C)cc(C)c3)nc(-n3c4ccc(N(c5ccc(-c6ccccc6)cc5)c5ccc6c(c5)C(c5ccccc5)(c5ccccc5)c5ccccc5-6)cc4c4cc5c(cc43)C(C)(C)c3ccccc3-5)n2)CC(C)=C1. The molecule has 1 atom stereocenters. The lowest BCUT2D eigenvalue weighted by Gasteiger charge is -2.35. The first-order chi connectivity index (χ1) is 40.0. The molecule has 0 aliphatic heterocycles. The fourth-order valence-electron chi connectivity index (χ4n) is 14.4. The van der Waals surface area contributed by atoms with E-state index in [0.29, 0.717) is 5.95 Å². The van der Waals surface area contributed by atoms with Crippen molar-refractivity contribution in [3.8, 4) is 50.6 Å². The molecule has 0 fully saturated rings. The Balaban J connectivity index is 0.999. The highest BCUT2D eigenvalue weighted by atomic mass is 15.2. The number of allylic oxidation sites excluding steroid dienone is 4. The van der Waals surface area contributed by atoms with Gasteiger partial charge in [-0.3, -0.25) is 4.57 Å². The van der Waals surface area contributed by atoms with Crippen LogP contribution in [0.25, 0.3) is 72.4 Å². The molecule has 12 aromatic rings. The van der Waals surface area contributed by atoms with Crippen molar-refractivity contribution >= 4 is 38.9 Å². The van der Waals surface area contributed by atoms with E-state index in [1.807, 2.05) is 0 Å². The summed E-state index contributed by atoms with van der Waals surface area (Å²) in [5.74, 6) is 0.786. The Morgan fingerprint density at radius 2 is 1.01 bits per heavy atom. The van der Waals surface area contributed by atoms with Gasteiger partial charge in [0, 0.05) is 44.7 Å². The molecule has 0 bridgehead atoms. The summed E-state index contributed by atoms with van der Waals surface area (Å²) >= 11 is 0. The molecule has 394 valence electrons. The Bertz CT molecular complexity index is 4540. The third kappa shape index (κ3) is 7.80. The molecule has 2 heterocycles. The maximum Gasteiger partial charge on any atom is 0.235 e. The lowest BCUT2D eigenvalue weighted by atomic mass is 9.67. The summed E-state index contributed by atoms with van der Waals surface area (Å²) in [6.07, 6.45) is 5.60. The first-order valence-electron chi connectivity index (χ1n) is 28.9. The van der Waals surface area contributed by atoms with Gasteiger partial charge in [0.25, 0.3) is 0 Å². The van der Waals surface area contributed by atoms with E-state index >= 15 is 0 Å². The van der Waals surface area contributed by atoms with Crippen LogP contribution in [-0.4, -0.2) is 14.5 Å². The maximum atomic E-state index is 5.68. The summed E-state index contributed by atoms with van der Waals surface area (Å²) in [6, 6.07) is 88.2. The monoisotopic (exact) mass is 1050 g/mol. The highest BCUT2D eigenvalue weighted by molar-refractivity contribution is 6.13. The Kier molecular flexibility index (Phi) is 11.4. The Labute approximate surface area is 481 Å². The van der Waals surface area contributed by atoms with E-state index in [-0.39, 0.29) is 11.3 Å². The van der Waals surface area contributed by atoms with E-state index in [4.69, 9.17) is 9.97 Å². The fourth-order valence-corrected chi connectivity index (χ4v) is 14.4. The van der Waals surface area contributed by atoms with Crippen LogP contribution in [0.5, 0.6) is 0 Å². The van der Waals surface area contributed by atoms with Crippen LogP contribution < -0.4 is 4.90 Å². The van der Waals surface area contributed by atoms with Gasteiger partial charge in [0.15, 0.2) is 0 Å². The first-order valence-corrected chi connectivity index (χ1v) is 28.9. The smallest absolute Gasteiger partial charge is 0.235 e. The summed E-state index contributed by atoms with van der Waals surface area (Å²) in [5.41, 5.74) is 27.7. The number of benzene rings is 10. The van der Waals surface area contributed by atoms with E-state index in [1.165, 1.54) is 89.0 Å². The zero-order chi connectivity index (χ0) is 55.4. The minimum absolute atomic E-state index is 0.109. The van der Waals surface area contributed by atoms with Crippen LogP contribution in [0, 0.1) is 13.8 Å². The largest absolute Gasteiger partial charge is 0.310 e. The van der Waals surface area contributed by atoms with Gasteiger partial charge in [0.1, 0.15) is 0 Å². The molecule has 15 rings (SSSR count). The average molecular weight is 1060 g/mol. The molecule has 2 aromatic heterocycles. The second kappa shape index (κ2) is 19.0. The lowest BCUT2D eigenvalue weighted by Crippen LogP contribution is -2.28. The first kappa shape index (κ1) is 49.4. The average Bonchev–Trinajstić information content (AvgIpc) is 4.18. The molecule has 0 saturated heterocycles. The number of aromatic nitrogens is 3. The summed E-state index contributed by atoms with van der Waals surface area (Å²) in [4.78, 5) is 13.8. The molecule has 82 heavy (non-hydrogen) atoms. The molecule has 4 heteroatoms. The van der Waals surface area contributed by atoms with Gasteiger partial charge in [-0.2, -0.15) is 0 Å². The van der Waals surface area contributed by atoms with E-state index in [2.05, 4.69) is 300 Å². The van der Waals surface area contributed by atoms with Crippen molar-refractivity contribution in [2.45, 2.75) is 64.7 Å². The minimum Gasteiger partial charge on any atom is -0.310 e. The Morgan fingerprint density at radius 1 is 0.439 bits per heavy atom. The number of hydrogen-bond acceptors (Lipinski definition) is 3. The van der Waals surface area contributed by atoms with E-state index < -0.39 is 5.41 Å². The maximum absolute atomic E-state index is 5.68. The van der Waals surface area contributed by atoms with Gasteiger partial charge in [0.2, 0.25) is 5.95 Å². The molecule has 3 aliphatic carbocycles. The van der Waals surface area contributed by atoms with Crippen LogP contribution in [0.15, 0.2) is 260 Å². The van der Waals surface area contributed by atoms with E-state index in [0.717, 1.165) is 62.2 Å². The molecule has 10 aromatic carbocycles. The summed E-state index contributed by atoms with van der Waals surface area (Å²) in [7, 11) is 0. The molecule has 0 radical (unpaired) electrons. The van der Waals surface area contributed by atoms with Crippen molar-refractivity contribution in [3.63, 3.8) is 0 Å². The topological polar surface area (TPSA) is 34.0 Å². The number of rotatable bonds is 9. The summed E-state index contributed by atoms with van der Waals surface area (Å²) < 4.78 is 2.37. The van der Waals surface area contributed by atoms with E-state index in [9.17, 15) is 0 Å². The fraction of sp³-hybridized carbons (Fsp3) is 0.128. The molecule has 0 amide bonds. The number of hydrogen-bond donors (Lipinski definition) is 0. The van der Waals surface area contributed by atoms with E-state index in [1.54, 1.807) is 0 Å². The van der Waals surface area contributed by atoms with Crippen LogP contribution in [0.1, 0.15) is 90.2 Å². The van der Waals surface area contributed by atoms with Gasteiger partial charge in [0.05, 0.1) is 27.8 Å². The van der Waals surface area contributed by atoms with Gasteiger partial charge in [-0.15, -0.1) is 0 Å². The quantitative estimate of drug-likeness (QED) is 0.144. The number of anilines is 3. The second-order valence-corrected chi connectivity index (χ2v) is 23.7. The number of nitrogens with zero attached hydrogens (tertiary/aromatic N) is 4. The molecular formula is C78H62N4. The summed E-state index contributed by atoms with van der Waals surface area (Å²) in [5, 5.41) is 2.29. The summed E-state index contributed by atoms with van der Waals surface area (Å²) in [6.45, 7) is 13.6. The Hall–Kier alpha value is -9.64. The van der Waals surface area contributed by atoms with Gasteiger partial charge in [-0.05, 0) is 174 Å². The van der Waals surface area contributed by atoms with Gasteiger partial charge in [-0.25, -0.2) is 9.97 Å². The minimum atomic E-state index is -0.569. The van der Waals surface area contributed by atoms with Crippen molar-refractivity contribution in [3.05, 3.63) is 310 Å². The normalized spacial score (nSPS) is 15.4. The van der Waals surface area contributed by atoms with Crippen molar-refractivity contribution < 1.29 is 0 Å². The van der Waals surface area contributed by atoms with Gasteiger partial charge in [-0.1, -0.05) is 212 Å². The predicted molar refractivity (Wildman–Crippen MR) is 341 cm³/mol. The molecular weight excluding hydrogens is 993 g/mol. The zero-order valence-corrected chi connectivity index (χ0v) is 47.2. The van der Waals surface area contributed by atoms with Gasteiger partial charge < -0.3 is 4.90 Å². The van der Waals surface area contributed by atoms with Crippen molar-refractivity contribution in [1.29, 1.82) is 0 Å². The number of fused-ring (bicyclic) bond motifs is 9. The third-order valence-electron chi connectivity index (χ3n) is 18.0. The molecule has 0 saturated carbocycles. The lowest BCUT2D eigenvalue weighted by molar-refractivity contribution is 0.661.